The number of halogens is 4. The Labute approximate surface area is 276 Å². The van der Waals surface area contributed by atoms with Crippen LogP contribution in [0, 0.1) is 6.92 Å². The Morgan fingerprint density at radius 1 is 1.17 bits per heavy atom. The zero-order valence-corrected chi connectivity index (χ0v) is 28.8. The second-order valence-electron chi connectivity index (χ2n) is 12.5. The highest BCUT2D eigenvalue weighted by Crippen LogP contribution is 2.38. The van der Waals surface area contributed by atoms with E-state index < -0.39 is 29.4 Å². The standard InChI is InChI=1S/C33H42BrF3N4O5/c1-8-16-45-32(7)12-14-40(15-13-32)29-27(28(30(42)44-9-2)46-31(4,5)6)21(3)38-26-18-24(39-41(26)29)20-43-19-22-10-11-23(17-25(22)34)33(35,36)37/h8,10-11,17-18,28H,1,9,12-16,19-20H2,2-7H3. The first-order chi connectivity index (χ1) is 21.5. The average molecular weight is 712 g/mol. The maximum Gasteiger partial charge on any atom is 0.416 e. The van der Waals surface area contributed by atoms with Crippen LogP contribution in [0.4, 0.5) is 19.0 Å². The van der Waals surface area contributed by atoms with Gasteiger partial charge in [-0.2, -0.15) is 22.8 Å². The van der Waals surface area contributed by atoms with E-state index in [-0.39, 0.29) is 25.4 Å². The first-order valence-corrected chi connectivity index (χ1v) is 16.0. The number of anilines is 1. The lowest BCUT2D eigenvalue weighted by Crippen LogP contribution is -2.45. The number of fused-ring (bicyclic) bond motifs is 1. The van der Waals surface area contributed by atoms with Gasteiger partial charge in [0.15, 0.2) is 11.8 Å². The van der Waals surface area contributed by atoms with Gasteiger partial charge in [0.05, 0.1) is 54.5 Å². The minimum atomic E-state index is -4.43. The van der Waals surface area contributed by atoms with Crippen molar-refractivity contribution >= 4 is 33.4 Å². The van der Waals surface area contributed by atoms with Crippen LogP contribution in [0.25, 0.3) is 5.65 Å². The molecule has 3 aromatic rings. The number of ether oxygens (including phenoxy) is 4. The first kappa shape index (κ1) is 35.8. The molecule has 9 nitrogen and oxygen atoms in total. The van der Waals surface area contributed by atoms with E-state index in [0.29, 0.717) is 58.1 Å². The van der Waals surface area contributed by atoms with Gasteiger partial charge in [-0.05, 0) is 72.1 Å². The van der Waals surface area contributed by atoms with Crippen molar-refractivity contribution < 1.29 is 36.9 Å². The van der Waals surface area contributed by atoms with Crippen molar-refractivity contribution in [2.24, 2.45) is 0 Å². The molecule has 1 unspecified atom stereocenters. The lowest BCUT2D eigenvalue weighted by Gasteiger charge is -2.41. The van der Waals surface area contributed by atoms with Gasteiger partial charge in [-0.25, -0.2) is 9.78 Å². The van der Waals surface area contributed by atoms with Crippen molar-refractivity contribution in [3.8, 4) is 0 Å². The third kappa shape index (κ3) is 8.67. The normalized spacial score (nSPS) is 16.1. The Bertz CT molecular complexity index is 1540. The number of hydrogen-bond acceptors (Lipinski definition) is 8. The third-order valence-corrected chi connectivity index (χ3v) is 8.39. The summed E-state index contributed by atoms with van der Waals surface area (Å²) in [7, 11) is 0. The summed E-state index contributed by atoms with van der Waals surface area (Å²) < 4.78 is 65.0. The maximum atomic E-state index is 13.4. The average Bonchev–Trinajstić information content (AvgIpc) is 3.37. The zero-order valence-electron chi connectivity index (χ0n) is 27.2. The highest BCUT2D eigenvalue weighted by Gasteiger charge is 2.38. The van der Waals surface area contributed by atoms with Crippen LogP contribution in [-0.4, -0.2) is 58.1 Å². The second kappa shape index (κ2) is 14.4. The Morgan fingerprint density at radius 2 is 1.87 bits per heavy atom. The molecule has 1 saturated heterocycles. The molecule has 46 heavy (non-hydrogen) atoms. The van der Waals surface area contributed by atoms with E-state index in [0.717, 1.165) is 25.0 Å². The number of alkyl halides is 3. The summed E-state index contributed by atoms with van der Waals surface area (Å²) >= 11 is 3.22. The number of esters is 1. The predicted octanol–water partition coefficient (Wildman–Crippen LogP) is 7.52. The molecule has 0 amide bonds. The van der Waals surface area contributed by atoms with Gasteiger partial charge in [0, 0.05) is 29.3 Å². The molecule has 252 valence electrons. The fraction of sp³-hybridized carbons (Fsp3) is 0.545. The number of hydrogen-bond donors (Lipinski definition) is 0. The van der Waals surface area contributed by atoms with Gasteiger partial charge in [0.25, 0.3) is 0 Å². The Morgan fingerprint density at radius 3 is 2.46 bits per heavy atom. The van der Waals surface area contributed by atoms with Crippen LogP contribution >= 0.6 is 15.9 Å². The van der Waals surface area contributed by atoms with E-state index >= 15 is 0 Å². The van der Waals surface area contributed by atoms with Crippen molar-refractivity contribution in [1.29, 1.82) is 0 Å². The van der Waals surface area contributed by atoms with Gasteiger partial charge in [0.1, 0.15) is 5.82 Å². The summed E-state index contributed by atoms with van der Waals surface area (Å²) in [6.07, 6.45) is -2.30. The van der Waals surface area contributed by atoms with Crippen LogP contribution in [0.15, 0.2) is 41.4 Å². The number of aryl methyl sites for hydroxylation is 1. The molecular weight excluding hydrogens is 669 g/mol. The first-order valence-electron chi connectivity index (χ1n) is 15.2. The van der Waals surface area contributed by atoms with Crippen LogP contribution in [0.1, 0.15) is 81.6 Å². The number of rotatable bonds is 12. The topological polar surface area (TPSA) is 87.4 Å². The fourth-order valence-electron chi connectivity index (χ4n) is 5.34. The Hall–Kier alpha value is -3.00. The minimum absolute atomic E-state index is 0.0664. The SMILES string of the molecule is C=CCOC1(C)CCN(c2c(C(OC(C)(C)C)C(=O)OCC)c(C)nc3cc(COCc4ccc(C(F)(F)F)cc4Br)nn23)CC1. The molecule has 0 N–H and O–H groups in total. The van der Waals surface area contributed by atoms with Gasteiger partial charge in [-0.15, -0.1) is 6.58 Å². The molecule has 3 heterocycles. The molecule has 1 fully saturated rings. The maximum absolute atomic E-state index is 13.4. The van der Waals surface area contributed by atoms with Gasteiger partial charge in [0.2, 0.25) is 0 Å². The summed E-state index contributed by atoms with van der Waals surface area (Å²) in [4.78, 5) is 20.4. The lowest BCUT2D eigenvalue weighted by molar-refractivity contribution is -0.167. The van der Waals surface area contributed by atoms with Crippen LogP contribution in [0.2, 0.25) is 0 Å². The van der Waals surface area contributed by atoms with Crippen molar-refractivity contribution in [2.45, 2.75) is 91.1 Å². The number of piperidine rings is 1. The Kier molecular flexibility index (Phi) is 11.2. The number of benzene rings is 1. The highest BCUT2D eigenvalue weighted by molar-refractivity contribution is 9.10. The fourth-order valence-corrected chi connectivity index (χ4v) is 5.84. The molecule has 1 aromatic carbocycles. The van der Waals surface area contributed by atoms with Gasteiger partial charge < -0.3 is 23.8 Å². The smallest absolute Gasteiger partial charge is 0.416 e. The predicted molar refractivity (Wildman–Crippen MR) is 172 cm³/mol. The van der Waals surface area contributed by atoms with Crippen LogP contribution in [0.3, 0.4) is 0 Å². The molecule has 2 aromatic heterocycles. The summed E-state index contributed by atoms with van der Waals surface area (Å²) in [6.45, 7) is 17.1. The van der Waals surface area contributed by atoms with E-state index in [1.165, 1.54) is 6.07 Å². The molecular formula is C33H42BrF3N4O5. The largest absolute Gasteiger partial charge is 0.464 e. The lowest BCUT2D eigenvalue weighted by atomic mass is 9.92. The number of carbonyl (C=O) groups is 1. The summed E-state index contributed by atoms with van der Waals surface area (Å²) in [6, 6.07) is 5.25. The monoisotopic (exact) mass is 710 g/mol. The molecule has 0 spiro atoms. The van der Waals surface area contributed by atoms with Gasteiger partial charge in [-0.3, -0.25) is 0 Å². The zero-order chi connectivity index (χ0) is 33.9. The van der Waals surface area contributed by atoms with E-state index in [9.17, 15) is 18.0 Å². The minimum Gasteiger partial charge on any atom is -0.464 e. The molecule has 0 saturated carbocycles. The molecule has 1 aliphatic heterocycles. The summed E-state index contributed by atoms with van der Waals surface area (Å²) in [5.41, 5.74) is 1.11. The molecule has 1 aliphatic rings. The number of nitrogens with zero attached hydrogens (tertiary/aromatic N) is 4. The third-order valence-electron chi connectivity index (χ3n) is 7.65. The summed E-state index contributed by atoms with van der Waals surface area (Å²) in [5.74, 6) is 0.157. The Balaban J connectivity index is 1.70. The van der Waals surface area contributed by atoms with E-state index in [1.807, 2.05) is 27.7 Å². The molecule has 0 radical (unpaired) electrons. The van der Waals surface area contributed by atoms with E-state index in [4.69, 9.17) is 29.0 Å². The molecule has 1 atom stereocenters. The van der Waals surface area contributed by atoms with Crippen molar-refractivity contribution in [3.05, 3.63) is 69.5 Å². The molecule has 0 aliphatic carbocycles. The van der Waals surface area contributed by atoms with E-state index in [2.05, 4.69) is 34.3 Å². The van der Waals surface area contributed by atoms with Crippen molar-refractivity contribution in [3.63, 3.8) is 0 Å². The van der Waals surface area contributed by atoms with Crippen LogP contribution in [0.5, 0.6) is 0 Å². The number of aromatic nitrogens is 3. The summed E-state index contributed by atoms with van der Waals surface area (Å²) in [5, 5.41) is 4.83. The quantitative estimate of drug-likeness (QED) is 0.141. The molecule has 4 rings (SSSR count). The molecule has 0 bridgehead atoms. The van der Waals surface area contributed by atoms with Gasteiger partial charge in [-0.1, -0.05) is 28.1 Å². The van der Waals surface area contributed by atoms with E-state index in [1.54, 1.807) is 23.6 Å². The van der Waals surface area contributed by atoms with Crippen molar-refractivity contribution in [1.82, 2.24) is 14.6 Å². The second-order valence-corrected chi connectivity index (χ2v) is 13.4. The van der Waals surface area contributed by atoms with Crippen molar-refractivity contribution in [2.75, 3.05) is 31.2 Å². The number of carbonyl (C=O) groups excluding carboxylic acids is 1. The molecule has 13 heteroatoms. The van der Waals surface area contributed by atoms with Gasteiger partial charge >= 0.3 is 12.1 Å². The van der Waals surface area contributed by atoms with Crippen LogP contribution in [-0.2, 0) is 43.1 Å². The van der Waals surface area contributed by atoms with Crippen LogP contribution < -0.4 is 4.90 Å². The highest BCUT2D eigenvalue weighted by atomic mass is 79.9.